The van der Waals surface area contributed by atoms with Crippen molar-refractivity contribution >= 4 is 47.0 Å². The second-order valence-electron chi connectivity index (χ2n) is 13.2. The number of amides is 4. The largest absolute Gasteiger partial charge is 0.456 e. The number of hydrogen-bond donors (Lipinski definition) is 0. The van der Waals surface area contributed by atoms with Crippen molar-refractivity contribution in [3.05, 3.63) is 34.9 Å². The molecular formula is C32H35ClN2O7. The Kier molecular flexibility index (Phi) is 6.99. The summed E-state index contributed by atoms with van der Waals surface area (Å²) in [6, 6.07) is 5.08. The van der Waals surface area contributed by atoms with Gasteiger partial charge in [0.1, 0.15) is 6.04 Å². The van der Waals surface area contributed by atoms with Gasteiger partial charge < -0.3 is 4.74 Å². The number of ether oxygens (including phenoxy) is 1. The summed E-state index contributed by atoms with van der Waals surface area (Å²) in [5.74, 6) is -2.08. The van der Waals surface area contributed by atoms with Gasteiger partial charge in [0.25, 0.3) is 0 Å². The quantitative estimate of drug-likeness (QED) is 0.175. The highest BCUT2D eigenvalue weighted by Crippen LogP contribution is 2.57. The first-order chi connectivity index (χ1) is 20.2. The van der Waals surface area contributed by atoms with Crippen LogP contribution in [0.25, 0.3) is 0 Å². The molecule has 4 saturated carbocycles. The van der Waals surface area contributed by atoms with Crippen LogP contribution in [0.1, 0.15) is 68.1 Å². The number of hydrogen-bond acceptors (Lipinski definition) is 7. The minimum Gasteiger partial charge on any atom is -0.456 e. The molecule has 9 unspecified atom stereocenters. The van der Waals surface area contributed by atoms with Gasteiger partial charge in [-0.25, -0.2) is 4.79 Å². The molecule has 9 atom stereocenters. The van der Waals surface area contributed by atoms with Crippen LogP contribution in [0.4, 0.5) is 0 Å². The van der Waals surface area contributed by atoms with Gasteiger partial charge in [-0.15, -0.1) is 0 Å². The lowest BCUT2D eigenvalue weighted by Gasteiger charge is -2.26. The Labute approximate surface area is 249 Å². The minimum absolute atomic E-state index is 0.0675. The van der Waals surface area contributed by atoms with E-state index in [9.17, 15) is 28.8 Å². The second-order valence-corrected chi connectivity index (χ2v) is 13.6. The van der Waals surface area contributed by atoms with Gasteiger partial charge in [0.05, 0.1) is 23.7 Å². The van der Waals surface area contributed by atoms with Crippen LogP contribution in [0, 0.1) is 47.3 Å². The molecule has 4 aliphatic carbocycles. The van der Waals surface area contributed by atoms with Crippen LogP contribution in [0.5, 0.6) is 0 Å². The molecule has 0 radical (unpaired) electrons. The van der Waals surface area contributed by atoms with E-state index in [-0.39, 0.29) is 72.1 Å². The summed E-state index contributed by atoms with van der Waals surface area (Å²) < 4.78 is 5.41. The van der Waals surface area contributed by atoms with Crippen molar-refractivity contribution in [1.29, 1.82) is 0 Å². The van der Waals surface area contributed by atoms with Crippen molar-refractivity contribution < 1.29 is 33.5 Å². The van der Waals surface area contributed by atoms with Crippen molar-refractivity contribution in [2.75, 3.05) is 13.2 Å². The van der Waals surface area contributed by atoms with Crippen LogP contribution in [0.15, 0.2) is 24.3 Å². The molecular weight excluding hydrogens is 560 g/mol. The third-order valence-electron chi connectivity index (χ3n) is 11.2. The topological polar surface area (TPSA) is 118 Å². The van der Waals surface area contributed by atoms with Crippen molar-refractivity contribution in [2.24, 2.45) is 47.3 Å². The first-order valence-electron chi connectivity index (χ1n) is 15.4. The molecule has 10 heteroatoms. The number of Topliss-reactive ketones (excluding diaryl/α,β-unsaturated/α-hetero) is 1. The van der Waals surface area contributed by atoms with Crippen molar-refractivity contribution in [1.82, 2.24) is 9.80 Å². The maximum atomic E-state index is 13.6. The zero-order valence-electron chi connectivity index (χ0n) is 23.4. The molecule has 6 aliphatic rings. The van der Waals surface area contributed by atoms with Gasteiger partial charge in [-0.3, -0.25) is 33.8 Å². The van der Waals surface area contributed by atoms with E-state index >= 15 is 0 Å². The number of nitrogens with zero attached hydrogens (tertiary/aromatic N) is 2. The van der Waals surface area contributed by atoms with Gasteiger partial charge in [0, 0.05) is 17.1 Å². The number of rotatable bonds is 10. The number of ketones is 1. The fourth-order valence-corrected chi connectivity index (χ4v) is 9.47. The smallest absolute Gasteiger partial charge is 0.329 e. The number of benzene rings is 1. The van der Waals surface area contributed by atoms with Crippen LogP contribution in [0.3, 0.4) is 0 Å². The van der Waals surface area contributed by atoms with Crippen molar-refractivity contribution in [3.63, 3.8) is 0 Å². The van der Waals surface area contributed by atoms with E-state index in [2.05, 4.69) is 0 Å². The van der Waals surface area contributed by atoms with Gasteiger partial charge in [-0.2, -0.15) is 0 Å². The zero-order valence-corrected chi connectivity index (χ0v) is 24.2. The standard InChI is InChI=1S/C32H35ClN2O7/c33-21-10-8-16(9-11-21)23(36)15-42-32(41)22(35-30(39)26-19-6-7-20(14-19)27(26)31(35)40)3-1-2-12-34-28(37)24-17-4-5-18(13-17)25(24)29(34)38/h8-11,17-20,22,24-27H,1-7,12-15H2. The Morgan fingerprint density at radius 3 is 1.79 bits per heavy atom. The molecule has 9 nitrogen and oxygen atoms in total. The highest BCUT2D eigenvalue weighted by atomic mass is 35.5. The Balaban J connectivity index is 1.02. The summed E-state index contributed by atoms with van der Waals surface area (Å²) in [5.41, 5.74) is 0.335. The molecule has 0 spiro atoms. The Bertz CT molecular complexity index is 1300. The normalized spacial score (nSPS) is 34.9. The maximum Gasteiger partial charge on any atom is 0.329 e. The van der Waals surface area contributed by atoms with E-state index in [4.69, 9.17) is 16.3 Å². The first-order valence-corrected chi connectivity index (χ1v) is 15.8. The molecule has 0 aromatic heterocycles. The molecule has 6 fully saturated rings. The molecule has 7 rings (SSSR count). The van der Waals surface area contributed by atoms with Crippen LogP contribution in [-0.2, 0) is 28.7 Å². The molecule has 0 N–H and O–H groups in total. The first kappa shape index (κ1) is 27.7. The Morgan fingerprint density at radius 1 is 0.762 bits per heavy atom. The van der Waals surface area contributed by atoms with E-state index < -0.39 is 24.4 Å². The highest BCUT2D eigenvalue weighted by molar-refractivity contribution is 6.30. The number of unbranched alkanes of at least 4 members (excludes halogenated alkanes) is 1. The van der Waals surface area contributed by atoms with Crippen molar-refractivity contribution in [2.45, 2.75) is 63.8 Å². The molecule has 4 bridgehead atoms. The van der Waals surface area contributed by atoms with E-state index in [1.165, 1.54) is 4.90 Å². The fourth-order valence-electron chi connectivity index (χ4n) is 9.34. The van der Waals surface area contributed by atoms with E-state index in [1.807, 2.05) is 0 Å². The monoisotopic (exact) mass is 594 g/mol. The Morgan fingerprint density at radius 2 is 1.26 bits per heavy atom. The van der Waals surface area contributed by atoms with Crippen LogP contribution >= 0.6 is 11.6 Å². The van der Waals surface area contributed by atoms with Gasteiger partial charge in [0.2, 0.25) is 23.6 Å². The molecule has 1 aromatic rings. The second kappa shape index (κ2) is 10.6. The van der Waals surface area contributed by atoms with Gasteiger partial charge >= 0.3 is 5.97 Å². The van der Waals surface area contributed by atoms with Crippen LogP contribution in [-0.4, -0.2) is 64.4 Å². The molecule has 4 amide bonds. The number of likely N-dealkylation sites (tertiary alicyclic amines) is 2. The summed E-state index contributed by atoms with van der Waals surface area (Å²) in [6.07, 6.45) is 6.75. The molecule has 2 heterocycles. The number of esters is 1. The SMILES string of the molecule is O=C(COC(=O)C(CCCCN1C(=O)C2C3CCC(C3)C2C1=O)N1C(=O)C2C3CCC(C3)C2C1=O)c1ccc(Cl)cc1. The lowest BCUT2D eigenvalue weighted by atomic mass is 9.81. The number of imide groups is 2. The maximum absolute atomic E-state index is 13.6. The average molecular weight is 595 g/mol. The summed E-state index contributed by atoms with van der Waals surface area (Å²) in [4.78, 5) is 81.8. The molecule has 222 valence electrons. The van der Waals surface area contributed by atoms with E-state index in [1.54, 1.807) is 24.3 Å². The van der Waals surface area contributed by atoms with Crippen LogP contribution < -0.4 is 0 Å². The summed E-state index contributed by atoms with van der Waals surface area (Å²) in [6.45, 7) is -0.259. The minimum atomic E-state index is -1.15. The number of carbonyl (C=O) groups excluding carboxylic acids is 6. The molecule has 2 saturated heterocycles. The number of halogens is 1. The van der Waals surface area contributed by atoms with Gasteiger partial charge in [0.15, 0.2) is 12.4 Å². The van der Waals surface area contributed by atoms with Gasteiger partial charge in [-0.1, -0.05) is 11.6 Å². The van der Waals surface area contributed by atoms with E-state index in [0.717, 1.165) is 43.4 Å². The van der Waals surface area contributed by atoms with Gasteiger partial charge in [-0.05, 0) is 106 Å². The number of fused-ring (bicyclic) bond motifs is 10. The summed E-state index contributed by atoms with van der Waals surface area (Å²) >= 11 is 5.90. The molecule has 1 aromatic carbocycles. The van der Waals surface area contributed by atoms with Crippen molar-refractivity contribution in [3.8, 4) is 0 Å². The highest BCUT2D eigenvalue weighted by Gasteiger charge is 2.63. The third-order valence-corrected chi connectivity index (χ3v) is 11.4. The zero-order chi connectivity index (χ0) is 29.3. The average Bonchev–Trinajstić information content (AvgIpc) is 3.83. The fraction of sp³-hybridized carbons (Fsp3) is 0.625. The molecule has 42 heavy (non-hydrogen) atoms. The number of carbonyl (C=O) groups is 6. The summed E-state index contributed by atoms with van der Waals surface area (Å²) in [7, 11) is 0. The predicted molar refractivity (Wildman–Crippen MR) is 149 cm³/mol. The lowest BCUT2D eigenvalue weighted by molar-refractivity contribution is -0.159. The lowest BCUT2D eigenvalue weighted by Crippen LogP contribution is -2.47. The van der Waals surface area contributed by atoms with Crippen LogP contribution in [0.2, 0.25) is 5.02 Å². The van der Waals surface area contributed by atoms with E-state index in [0.29, 0.717) is 35.3 Å². The third kappa shape index (κ3) is 4.33. The summed E-state index contributed by atoms with van der Waals surface area (Å²) in [5, 5.41) is 0.474. The molecule has 2 aliphatic heterocycles. The predicted octanol–water partition coefficient (Wildman–Crippen LogP) is 3.67. The Hall–Kier alpha value is -3.07.